The molecule has 0 radical (unpaired) electrons. The maximum absolute atomic E-state index is 6.05. The molecule has 1 aliphatic rings. The molecule has 4 aromatic rings. The van der Waals surface area contributed by atoms with Crippen LogP contribution in [0.5, 0.6) is 0 Å². The van der Waals surface area contributed by atoms with Crippen molar-refractivity contribution < 1.29 is 0 Å². The van der Waals surface area contributed by atoms with Gasteiger partial charge in [0.1, 0.15) is 21.2 Å². The minimum atomic E-state index is -0.0231. The summed E-state index contributed by atoms with van der Waals surface area (Å²) in [6.45, 7) is 1.64. The topological polar surface area (TPSA) is 73.5 Å². The molecule has 0 fully saturated rings. The van der Waals surface area contributed by atoms with Gasteiger partial charge in [-0.25, -0.2) is 15.0 Å². The number of hydrogen-bond donors (Lipinski definition) is 2. The van der Waals surface area contributed by atoms with Crippen LogP contribution in [0.25, 0.3) is 11.0 Å². The van der Waals surface area contributed by atoms with Crippen LogP contribution in [0.2, 0.25) is 4.34 Å². The van der Waals surface area contributed by atoms with E-state index in [4.69, 9.17) is 16.6 Å². The molecule has 1 aliphatic heterocycles. The lowest BCUT2D eigenvalue weighted by Gasteiger charge is -2.33. The van der Waals surface area contributed by atoms with E-state index in [1.54, 1.807) is 12.5 Å². The van der Waals surface area contributed by atoms with Gasteiger partial charge >= 0.3 is 0 Å². The highest BCUT2D eigenvalue weighted by Gasteiger charge is 2.33. The Balaban J connectivity index is 1.58. The third-order valence-corrected chi connectivity index (χ3v) is 5.65. The zero-order valence-corrected chi connectivity index (χ0v) is 14.8. The van der Waals surface area contributed by atoms with E-state index in [9.17, 15) is 0 Å². The predicted molar refractivity (Wildman–Crippen MR) is 97.8 cm³/mol. The molecule has 0 spiro atoms. The van der Waals surface area contributed by atoms with Gasteiger partial charge < -0.3 is 9.97 Å². The summed E-state index contributed by atoms with van der Waals surface area (Å²) < 4.78 is 0.716. The first kappa shape index (κ1) is 15.1. The molecule has 126 valence electrons. The number of fused-ring (bicyclic) bond motifs is 2. The number of H-pyrrole nitrogens is 2. The Hall–Kier alpha value is -2.22. The number of aromatic nitrogens is 5. The maximum atomic E-state index is 6.05. The van der Waals surface area contributed by atoms with Crippen molar-refractivity contribution in [3.8, 4) is 0 Å². The van der Waals surface area contributed by atoms with Crippen molar-refractivity contribution in [1.82, 2.24) is 29.8 Å². The van der Waals surface area contributed by atoms with Crippen molar-refractivity contribution in [3.05, 3.63) is 63.3 Å². The van der Waals surface area contributed by atoms with Crippen LogP contribution < -0.4 is 0 Å². The number of imidazole rings is 2. The van der Waals surface area contributed by atoms with Gasteiger partial charge in [-0.1, -0.05) is 23.7 Å². The first-order valence-corrected chi connectivity index (χ1v) is 9.28. The number of nitrogens with zero attached hydrogens (tertiary/aromatic N) is 4. The molecule has 5 rings (SSSR count). The van der Waals surface area contributed by atoms with Crippen LogP contribution in [0.15, 0.2) is 36.8 Å². The highest BCUT2D eigenvalue weighted by Crippen LogP contribution is 2.34. The molecule has 0 amide bonds. The van der Waals surface area contributed by atoms with Crippen molar-refractivity contribution in [2.45, 2.75) is 19.0 Å². The average molecular weight is 371 g/mol. The maximum Gasteiger partial charge on any atom is 0.130 e. The number of halogens is 1. The molecule has 0 saturated heterocycles. The van der Waals surface area contributed by atoms with Gasteiger partial charge in [-0.15, -0.1) is 11.3 Å². The summed E-state index contributed by atoms with van der Waals surface area (Å²) in [5.74, 6) is 0.914. The number of hydrogen-bond acceptors (Lipinski definition) is 5. The molecule has 1 aromatic carbocycles. The minimum absolute atomic E-state index is 0.0231. The van der Waals surface area contributed by atoms with Gasteiger partial charge in [-0.05, 0) is 12.1 Å². The molecule has 0 unspecified atom stereocenters. The molecule has 25 heavy (non-hydrogen) atoms. The summed E-state index contributed by atoms with van der Waals surface area (Å²) in [6.07, 6.45) is 4.41. The normalized spacial score (nSPS) is 17.9. The fourth-order valence-electron chi connectivity index (χ4n) is 3.43. The second-order valence-electron chi connectivity index (χ2n) is 6.09. The number of thiazole rings is 1. The third-order valence-electron chi connectivity index (χ3n) is 4.56. The van der Waals surface area contributed by atoms with E-state index in [2.05, 4.69) is 24.8 Å². The van der Waals surface area contributed by atoms with Gasteiger partial charge in [0.2, 0.25) is 0 Å². The van der Waals surface area contributed by atoms with Crippen molar-refractivity contribution in [2.24, 2.45) is 0 Å². The van der Waals surface area contributed by atoms with Crippen LogP contribution in [0.3, 0.4) is 0 Å². The molecule has 1 atom stereocenters. The number of nitrogens with one attached hydrogen (secondary N) is 2. The third kappa shape index (κ3) is 2.64. The Labute approximate surface area is 152 Å². The smallest absolute Gasteiger partial charge is 0.130 e. The van der Waals surface area contributed by atoms with Gasteiger partial charge in [0.25, 0.3) is 0 Å². The van der Waals surface area contributed by atoms with Crippen LogP contribution in [0.1, 0.15) is 28.3 Å². The van der Waals surface area contributed by atoms with E-state index in [1.165, 1.54) is 17.0 Å². The van der Waals surface area contributed by atoms with Crippen LogP contribution in [0, 0.1) is 0 Å². The van der Waals surface area contributed by atoms with Crippen LogP contribution >= 0.6 is 22.9 Å². The van der Waals surface area contributed by atoms with E-state index in [0.29, 0.717) is 4.34 Å². The summed E-state index contributed by atoms with van der Waals surface area (Å²) in [6, 6.07) is 8.06. The largest absolute Gasteiger partial charge is 0.348 e. The summed E-state index contributed by atoms with van der Waals surface area (Å²) in [5, 5.41) is 1.00. The lowest BCUT2D eigenvalue weighted by atomic mass is 10.0. The molecule has 6 nitrogen and oxygen atoms in total. The second kappa shape index (κ2) is 5.94. The van der Waals surface area contributed by atoms with Crippen LogP contribution in [-0.2, 0) is 13.0 Å². The number of rotatable bonds is 3. The lowest BCUT2D eigenvalue weighted by Crippen LogP contribution is -2.36. The van der Waals surface area contributed by atoms with Crippen LogP contribution in [-0.4, -0.2) is 36.4 Å². The number of aromatic amines is 2. The quantitative estimate of drug-likeness (QED) is 0.578. The zero-order valence-electron chi connectivity index (χ0n) is 13.2. The Morgan fingerprint density at radius 2 is 2.20 bits per heavy atom. The lowest BCUT2D eigenvalue weighted by molar-refractivity contribution is 0.194. The summed E-state index contributed by atoms with van der Waals surface area (Å²) in [7, 11) is 0. The van der Waals surface area contributed by atoms with Crippen molar-refractivity contribution in [1.29, 1.82) is 0 Å². The van der Waals surface area contributed by atoms with E-state index < -0.39 is 0 Å². The van der Waals surface area contributed by atoms with Gasteiger partial charge in [-0.3, -0.25) is 4.90 Å². The fraction of sp³-hybridized carbons (Fsp3) is 0.235. The summed E-state index contributed by atoms with van der Waals surface area (Å²) >= 11 is 7.57. The zero-order chi connectivity index (χ0) is 16.8. The Kier molecular flexibility index (Phi) is 3.58. The molecular formula is C17H15ClN6S. The molecule has 8 heteroatoms. The predicted octanol–water partition coefficient (Wildman–Crippen LogP) is 3.54. The minimum Gasteiger partial charge on any atom is -0.348 e. The highest BCUT2D eigenvalue weighted by molar-refractivity contribution is 7.15. The van der Waals surface area contributed by atoms with Crippen molar-refractivity contribution in [2.75, 3.05) is 6.54 Å². The highest BCUT2D eigenvalue weighted by atomic mass is 35.5. The van der Waals surface area contributed by atoms with Crippen molar-refractivity contribution >= 4 is 34.0 Å². The Bertz CT molecular complexity index is 1000. The molecule has 0 bridgehead atoms. The molecular weight excluding hydrogens is 356 g/mol. The molecule has 2 N–H and O–H groups in total. The molecule has 4 heterocycles. The number of para-hydroxylation sites is 2. The van der Waals surface area contributed by atoms with Crippen molar-refractivity contribution in [3.63, 3.8) is 0 Å². The molecule has 3 aromatic heterocycles. The SMILES string of the molecule is Clc1cnc(CN2CCc3[nH]cnc3[C@H]2c2nc3ccccc3[nH]2)s1. The van der Waals surface area contributed by atoms with E-state index in [-0.39, 0.29) is 6.04 Å². The molecule has 0 aliphatic carbocycles. The van der Waals surface area contributed by atoms with E-state index in [0.717, 1.165) is 47.1 Å². The number of benzene rings is 1. The van der Waals surface area contributed by atoms with Crippen LogP contribution in [0.4, 0.5) is 0 Å². The Morgan fingerprint density at radius 3 is 3.04 bits per heavy atom. The fourth-order valence-corrected chi connectivity index (χ4v) is 4.42. The van der Waals surface area contributed by atoms with Gasteiger partial charge in [0.05, 0.1) is 35.8 Å². The average Bonchev–Trinajstić information content (AvgIpc) is 3.33. The van der Waals surface area contributed by atoms with E-state index in [1.807, 2.05) is 24.3 Å². The van der Waals surface area contributed by atoms with Gasteiger partial charge in [0.15, 0.2) is 0 Å². The monoisotopic (exact) mass is 370 g/mol. The second-order valence-corrected chi connectivity index (χ2v) is 7.83. The standard InChI is InChI=1S/C17H15ClN6S/c18-13-7-19-14(25-13)8-24-6-5-12-15(21-9-20-12)16(24)17-22-10-3-1-2-4-11(10)23-17/h1-4,7,9,16H,5-6,8H2,(H,20,21)(H,22,23)/t16-/m0/s1. The van der Waals surface area contributed by atoms with Gasteiger partial charge in [0, 0.05) is 18.7 Å². The molecule has 0 saturated carbocycles. The first-order valence-electron chi connectivity index (χ1n) is 8.09. The van der Waals surface area contributed by atoms with E-state index >= 15 is 0 Å². The summed E-state index contributed by atoms with van der Waals surface area (Å²) in [5.41, 5.74) is 4.22. The van der Waals surface area contributed by atoms with Gasteiger partial charge in [-0.2, -0.15) is 0 Å². The summed E-state index contributed by atoms with van der Waals surface area (Å²) in [4.78, 5) is 22.9. The Morgan fingerprint density at radius 1 is 1.28 bits per heavy atom. The first-order chi connectivity index (χ1) is 12.3.